The van der Waals surface area contributed by atoms with Gasteiger partial charge in [-0.25, -0.2) is 4.98 Å². The average Bonchev–Trinajstić information content (AvgIpc) is 3.16. The van der Waals surface area contributed by atoms with Gasteiger partial charge in [-0.1, -0.05) is 74.0 Å². The summed E-state index contributed by atoms with van der Waals surface area (Å²) in [5.41, 5.74) is 9.45. The quantitative estimate of drug-likeness (QED) is 0.558. The second-order valence-electron chi connectivity index (χ2n) is 7.52. The first-order valence-electron chi connectivity index (χ1n) is 10.3. The molecule has 1 heterocycles. The summed E-state index contributed by atoms with van der Waals surface area (Å²) in [6, 6.07) is 19.9. The van der Waals surface area contributed by atoms with Crippen LogP contribution < -0.4 is 11.1 Å². The zero-order valence-corrected chi connectivity index (χ0v) is 17.0. The van der Waals surface area contributed by atoms with Crippen molar-refractivity contribution in [1.82, 2.24) is 14.9 Å². The van der Waals surface area contributed by atoms with Crippen molar-refractivity contribution < 1.29 is 4.79 Å². The van der Waals surface area contributed by atoms with E-state index in [1.54, 1.807) is 6.33 Å². The molecule has 1 amide bonds. The number of hydrogen-bond donors (Lipinski definition) is 2. The van der Waals surface area contributed by atoms with E-state index in [1.807, 2.05) is 47.2 Å². The molecule has 0 bridgehead atoms. The van der Waals surface area contributed by atoms with E-state index in [4.69, 9.17) is 5.73 Å². The number of benzene rings is 2. The van der Waals surface area contributed by atoms with Gasteiger partial charge in [-0.2, -0.15) is 0 Å². The van der Waals surface area contributed by atoms with Crippen LogP contribution in [-0.4, -0.2) is 27.5 Å². The Kier molecular flexibility index (Phi) is 7.59. The molecule has 1 unspecified atom stereocenters. The molecule has 1 aromatic heterocycles. The normalized spacial score (nSPS) is 13.0. The van der Waals surface area contributed by atoms with E-state index >= 15 is 0 Å². The fourth-order valence-electron chi connectivity index (χ4n) is 3.49. The van der Waals surface area contributed by atoms with Crippen LogP contribution in [0.5, 0.6) is 0 Å². The SMILES string of the molecule is CCCC(Cc1ccccc1)NC(=O)[C@@H](N)Cc1cn(Cc2ccccc2)cn1. The molecule has 2 atom stereocenters. The fraction of sp³-hybridized carbons (Fsp3) is 0.333. The Morgan fingerprint density at radius 1 is 1.03 bits per heavy atom. The third-order valence-corrected chi connectivity index (χ3v) is 4.97. The highest BCUT2D eigenvalue weighted by Gasteiger charge is 2.19. The van der Waals surface area contributed by atoms with E-state index in [9.17, 15) is 4.79 Å². The van der Waals surface area contributed by atoms with Gasteiger partial charge >= 0.3 is 0 Å². The lowest BCUT2D eigenvalue weighted by Crippen LogP contribution is -2.47. The first kappa shape index (κ1) is 20.8. The lowest BCUT2D eigenvalue weighted by atomic mass is 10.0. The van der Waals surface area contributed by atoms with Gasteiger partial charge in [0.2, 0.25) is 5.91 Å². The second-order valence-corrected chi connectivity index (χ2v) is 7.52. The summed E-state index contributed by atoms with van der Waals surface area (Å²) in [4.78, 5) is 17.1. The Morgan fingerprint density at radius 3 is 2.34 bits per heavy atom. The molecule has 29 heavy (non-hydrogen) atoms. The van der Waals surface area contributed by atoms with Crippen LogP contribution in [0.25, 0.3) is 0 Å². The van der Waals surface area contributed by atoms with Crippen molar-refractivity contribution in [2.45, 2.75) is 51.2 Å². The number of rotatable bonds is 10. The van der Waals surface area contributed by atoms with E-state index in [0.717, 1.165) is 31.5 Å². The van der Waals surface area contributed by atoms with Crippen molar-refractivity contribution in [3.8, 4) is 0 Å². The summed E-state index contributed by atoms with van der Waals surface area (Å²) in [6.07, 6.45) is 6.95. The molecule has 0 aliphatic carbocycles. The minimum atomic E-state index is -0.606. The van der Waals surface area contributed by atoms with Crippen molar-refractivity contribution in [3.63, 3.8) is 0 Å². The zero-order chi connectivity index (χ0) is 20.5. The van der Waals surface area contributed by atoms with Crippen LogP contribution in [0, 0.1) is 0 Å². The maximum atomic E-state index is 12.6. The van der Waals surface area contributed by atoms with Gasteiger partial charge in [-0.15, -0.1) is 0 Å². The van der Waals surface area contributed by atoms with Crippen molar-refractivity contribution >= 4 is 5.91 Å². The summed E-state index contributed by atoms with van der Waals surface area (Å²) in [6.45, 7) is 2.88. The van der Waals surface area contributed by atoms with E-state index in [1.165, 1.54) is 11.1 Å². The van der Waals surface area contributed by atoms with Gasteiger partial charge in [0.25, 0.3) is 0 Å². The van der Waals surface area contributed by atoms with Gasteiger partial charge in [0, 0.05) is 25.2 Å². The number of nitrogens with two attached hydrogens (primary N) is 1. The molecule has 5 heteroatoms. The van der Waals surface area contributed by atoms with Crippen molar-refractivity contribution in [2.24, 2.45) is 5.73 Å². The maximum absolute atomic E-state index is 12.6. The molecule has 0 fully saturated rings. The molecule has 3 aromatic rings. The van der Waals surface area contributed by atoms with Crippen LogP contribution in [0.4, 0.5) is 0 Å². The summed E-state index contributed by atoms with van der Waals surface area (Å²) in [7, 11) is 0. The number of carbonyl (C=O) groups excluding carboxylic acids is 1. The average molecular weight is 391 g/mol. The molecule has 2 aromatic carbocycles. The Morgan fingerprint density at radius 2 is 1.69 bits per heavy atom. The molecule has 5 nitrogen and oxygen atoms in total. The van der Waals surface area contributed by atoms with Crippen LogP contribution in [0.3, 0.4) is 0 Å². The molecule has 0 aliphatic rings. The summed E-state index contributed by atoms with van der Waals surface area (Å²) in [5.74, 6) is -0.114. The number of amides is 1. The summed E-state index contributed by atoms with van der Waals surface area (Å²) >= 11 is 0. The molecule has 152 valence electrons. The van der Waals surface area contributed by atoms with E-state index in [2.05, 4.69) is 41.5 Å². The Hall–Kier alpha value is -2.92. The van der Waals surface area contributed by atoms with E-state index in [0.29, 0.717) is 6.42 Å². The monoisotopic (exact) mass is 390 g/mol. The molecular formula is C24H30N4O. The third kappa shape index (κ3) is 6.57. The number of imidazole rings is 1. The molecule has 0 saturated carbocycles. The van der Waals surface area contributed by atoms with Crippen LogP contribution >= 0.6 is 0 Å². The van der Waals surface area contributed by atoms with Gasteiger partial charge in [-0.3, -0.25) is 4.79 Å². The lowest BCUT2D eigenvalue weighted by molar-refractivity contribution is -0.123. The molecule has 3 rings (SSSR count). The number of carbonyl (C=O) groups is 1. The predicted molar refractivity (Wildman–Crippen MR) is 116 cm³/mol. The molecule has 0 saturated heterocycles. The van der Waals surface area contributed by atoms with Gasteiger partial charge < -0.3 is 15.6 Å². The molecular weight excluding hydrogens is 360 g/mol. The van der Waals surface area contributed by atoms with Gasteiger partial charge in [0.05, 0.1) is 18.1 Å². The fourth-order valence-corrected chi connectivity index (χ4v) is 3.49. The Balaban J connectivity index is 1.54. The van der Waals surface area contributed by atoms with Crippen molar-refractivity contribution in [1.29, 1.82) is 0 Å². The van der Waals surface area contributed by atoms with Gasteiger partial charge in [0.15, 0.2) is 0 Å². The lowest BCUT2D eigenvalue weighted by Gasteiger charge is -2.20. The summed E-state index contributed by atoms with van der Waals surface area (Å²) in [5, 5.41) is 3.13. The van der Waals surface area contributed by atoms with Crippen LogP contribution in [0.2, 0.25) is 0 Å². The Bertz CT molecular complexity index is 876. The largest absolute Gasteiger partial charge is 0.352 e. The highest BCUT2D eigenvalue weighted by Crippen LogP contribution is 2.09. The Labute approximate surface area is 173 Å². The second kappa shape index (κ2) is 10.6. The summed E-state index contributed by atoms with van der Waals surface area (Å²) < 4.78 is 2.02. The highest BCUT2D eigenvalue weighted by molar-refractivity contribution is 5.82. The topological polar surface area (TPSA) is 72.9 Å². The minimum Gasteiger partial charge on any atom is -0.352 e. The zero-order valence-electron chi connectivity index (χ0n) is 17.0. The maximum Gasteiger partial charge on any atom is 0.237 e. The van der Waals surface area contributed by atoms with Gasteiger partial charge in [-0.05, 0) is 24.0 Å². The van der Waals surface area contributed by atoms with Crippen LogP contribution in [0.15, 0.2) is 73.2 Å². The molecule has 0 radical (unpaired) electrons. The highest BCUT2D eigenvalue weighted by atomic mass is 16.2. The molecule has 3 N–H and O–H groups in total. The number of aromatic nitrogens is 2. The third-order valence-electron chi connectivity index (χ3n) is 4.97. The smallest absolute Gasteiger partial charge is 0.237 e. The van der Waals surface area contributed by atoms with Crippen molar-refractivity contribution in [3.05, 3.63) is 90.0 Å². The van der Waals surface area contributed by atoms with Gasteiger partial charge in [0.1, 0.15) is 0 Å². The molecule has 0 spiro atoms. The van der Waals surface area contributed by atoms with E-state index in [-0.39, 0.29) is 11.9 Å². The van der Waals surface area contributed by atoms with Crippen molar-refractivity contribution in [2.75, 3.05) is 0 Å². The number of nitrogens with one attached hydrogen (secondary N) is 1. The van der Waals surface area contributed by atoms with Crippen LogP contribution in [0.1, 0.15) is 36.6 Å². The standard InChI is InChI=1S/C24H30N4O/c1-2-9-21(14-19-10-5-3-6-11-19)27-24(29)23(25)15-22-17-28(18-26-22)16-20-12-7-4-8-13-20/h3-8,10-13,17-18,21,23H,2,9,14-16,25H2,1H3,(H,27,29)/t21?,23-/m0/s1. The van der Waals surface area contributed by atoms with Crippen LogP contribution in [-0.2, 0) is 24.2 Å². The molecule has 0 aliphatic heterocycles. The van der Waals surface area contributed by atoms with E-state index < -0.39 is 6.04 Å². The number of nitrogens with zero attached hydrogens (tertiary/aromatic N) is 2. The predicted octanol–water partition coefficient (Wildman–Crippen LogP) is 3.33. The first-order chi connectivity index (χ1) is 14.1. The first-order valence-corrected chi connectivity index (χ1v) is 10.3. The minimum absolute atomic E-state index is 0.0941. The number of hydrogen-bond acceptors (Lipinski definition) is 3.